The van der Waals surface area contributed by atoms with Crippen LogP contribution in [0.25, 0.3) is 11.1 Å². The quantitative estimate of drug-likeness (QED) is 0.813. The summed E-state index contributed by atoms with van der Waals surface area (Å²) in [5, 5.41) is 0. The van der Waals surface area contributed by atoms with Crippen molar-refractivity contribution in [3.8, 4) is 11.1 Å². The number of aryl methyl sites for hydroxylation is 1. The van der Waals surface area contributed by atoms with E-state index in [1.165, 1.54) is 13.0 Å². The number of Topliss-reactive ketones (excluding diaryl/α,β-unsaturated/α-hetero) is 1. The number of carbonyl (C=O) groups excluding carboxylic acids is 1. The second kappa shape index (κ2) is 5.31. The van der Waals surface area contributed by atoms with Crippen molar-refractivity contribution in [2.75, 3.05) is 0 Å². The van der Waals surface area contributed by atoms with E-state index in [2.05, 4.69) is 0 Å². The van der Waals surface area contributed by atoms with Crippen molar-refractivity contribution < 1.29 is 13.6 Å². The van der Waals surface area contributed by atoms with Crippen LogP contribution in [0.5, 0.6) is 0 Å². The molecule has 0 amide bonds. The summed E-state index contributed by atoms with van der Waals surface area (Å²) in [7, 11) is 0. The number of carbonyl (C=O) groups is 1. The van der Waals surface area contributed by atoms with Crippen molar-refractivity contribution in [1.29, 1.82) is 0 Å². The minimum absolute atomic E-state index is 0.0801. The fourth-order valence-electron chi connectivity index (χ4n) is 1.97. The predicted molar refractivity (Wildman–Crippen MR) is 70.9 cm³/mol. The predicted octanol–water partition coefficient (Wildman–Crippen LogP) is 4.07. The molecule has 0 N–H and O–H groups in total. The third-order valence-electron chi connectivity index (χ3n) is 2.97. The molecule has 2 rings (SSSR count). The molecular formula is C16H14F2O. The summed E-state index contributed by atoms with van der Waals surface area (Å²) in [5.41, 5.74) is 2.33. The molecule has 0 aliphatic rings. The van der Waals surface area contributed by atoms with Gasteiger partial charge >= 0.3 is 0 Å². The maximum Gasteiger partial charge on any atom is 0.134 e. The molecule has 0 aliphatic carbocycles. The van der Waals surface area contributed by atoms with Crippen LogP contribution in [0.2, 0.25) is 0 Å². The van der Waals surface area contributed by atoms with Crippen LogP contribution in [0.15, 0.2) is 36.4 Å². The van der Waals surface area contributed by atoms with E-state index >= 15 is 0 Å². The van der Waals surface area contributed by atoms with E-state index in [0.29, 0.717) is 23.1 Å². The Balaban J connectivity index is 2.37. The molecule has 0 unspecified atom stereocenters. The van der Waals surface area contributed by atoms with Gasteiger partial charge < -0.3 is 0 Å². The number of hydrogen-bond acceptors (Lipinski definition) is 1. The van der Waals surface area contributed by atoms with Crippen LogP contribution in [0.1, 0.15) is 18.1 Å². The van der Waals surface area contributed by atoms with Gasteiger partial charge in [-0.2, -0.15) is 0 Å². The summed E-state index contributed by atoms with van der Waals surface area (Å²) >= 11 is 0. The Labute approximate surface area is 110 Å². The van der Waals surface area contributed by atoms with Gasteiger partial charge in [-0.15, -0.1) is 0 Å². The number of ketones is 1. The van der Waals surface area contributed by atoms with Crippen molar-refractivity contribution in [3.05, 3.63) is 59.2 Å². The zero-order chi connectivity index (χ0) is 14.0. The minimum Gasteiger partial charge on any atom is -0.300 e. The normalized spacial score (nSPS) is 10.5. The first-order valence-corrected chi connectivity index (χ1v) is 6.02. The van der Waals surface area contributed by atoms with Gasteiger partial charge in [-0.1, -0.05) is 24.3 Å². The largest absolute Gasteiger partial charge is 0.300 e. The van der Waals surface area contributed by atoms with E-state index in [1.54, 1.807) is 31.2 Å². The molecule has 0 aromatic heterocycles. The summed E-state index contributed by atoms with van der Waals surface area (Å²) in [5.74, 6) is -1.05. The lowest BCUT2D eigenvalue weighted by atomic mass is 10.00. The molecule has 0 spiro atoms. The molecule has 98 valence electrons. The van der Waals surface area contributed by atoms with Crippen molar-refractivity contribution in [2.24, 2.45) is 0 Å². The number of benzene rings is 2. The van der Waals surface area contributed by atoms with E-state index in [4.69, 9.17) is 0 Å². The SMILES string of the molecule is CC(=O)Cc1ccc(-c2cc(C)c(F)cc2F)cc1. The molecule has 2 aromatic rings. The molecule has 0 fully saturated rings. The van der Waals surface area contributed by atoms with Crippen molar-refractivity contribution in [2.45, 2.75) is 20.3 Å². The summed E-state index contributed by atoms with van der Waals surface area (Å²) in [6.07, 6.45) is 0.366. The van der Waals surface area contributed by atoms with Crippen LogP contribution in [-0.2, 0) is 11.2 Å². The number of halogens is 2. The van der Waals surface area contributed by atoms with Gasteiger partial charge in [0.25, 0.3) is 0 Å². The Morgan fingerprint density at radius 2 is 1.68 bits per heavy atom. The van der Waals surface area contributed by atoms with E-state index in [-0.39, 0.29) is 5.78 Å². The Bertz CT molecular complexity index is 615. The van der Waals surface area contributed by atoms with E-state index in [1.807, 2.05) is 0 Å². The molecular weight excluding hydrogens is 246 g/mol. The first kappa shape index (κ1) is 13.4. The molecule has 19 heavy (non-hydrogen) atoms. The molecule has 0 saturated heterocycles. The third kappa shape index (κ3) is 3.05. The maximum atomic E-state index is 13.7. The molecule has 3 heteroatoms. The average molecular weight is 260 g/mol. The first-order valence-electron chi connectivity index (χ1n) is 6.02. The van der Waals surface area contributed by atoms with Crippen molar-refractivity contribution in [3.63, 3.8) is 0 Å². The fourth-order valence-corrected chi connectivity index (χ4v) is 1.97. The summed E-state index contributed by atoms with van der Waals surface area (Å²) in [6.45, 7) is 3.12. The van der Waals surface area contributed by atoms with E-state index in [9.17, 15) is 13.6 Å². The highest BCUT2D eigenvalue weighted by Gasteiger charge is 2.09. The average Bonchev–Trinajstić information content (AvgIpc) is 2.34. The van der Waals surface area contributed by atoms with E-state index in [0.717, 1.165) is 11.6 Å². The topological polar surface area (TPSA) is 17.1 Å². The van der Waals surface area contributed by atoms with Gasteiger partial charge in [-0.3, -0.25) is 4.79 Å². The smallest absolute Gasteiger partial charge is 0.134 e. The van der Waals surface area contributed by atoms with E-state index < -0.39 is 11.6 Å². The molecule has 0 radical (unpaired) electrons. The minimum atomic E-state index is -0.581. The van der Waals surface area contributed by atoms with Gasteiger partial charge in [-0.25, -0.2) is 8.78 Å². The van der Waals surface area contributed by atoms with Crippen LogP contribution in [0.4, 0.5) is 8.78 Å². The van der Waals surface area contributed by atoms with Gasteiger partial charge in [0.05, 0.1) is 0 Å². The monoisotopic (exact) mass is 260 g/mol. The number of hydrogen-bond donors (Lipinski definition) is 0. The van der Waals surface area contributed by atoms with Crippen LogP contribution < -0.4 is 0 Å². The lowest BCUT2D eigenvalue weighted by molar-refractivity contribution is -0.116. The van der Waals surface area contributed by atoms with Crippen molar-refractivity contribution in [1.82, 2.24) is 0 Å². The molecule has 2 aromatic carbocycles. The van der Waals surface area contributed by atoms with Gasteiger partial charge in [0.1, 0.15) is 17.4 Å². The highest BCUT2D eigenvalue weighted by molar-refractivity contribution is 5.78. The lowest BCUT2D eigenvalue weighted by Gasteiger charge is -2.07. The Morgan fingerprint density at radius 3 is 2.26 bits per heavy atom. The van der Waals surface area contributed by atoms with Crippen LogP contribution >= 0.6 is 0 Å². The fraction of sp³-hybridized carbons (Fsp3) is 0.188. The molecule has 0 atom stereocenters. The Kier molecular flexibility index (Phi) is 3.74. The van der Waals surface area contributed by atoms with Crippen molar-refractivity contribution >= 4 is 5.78 Å². The molecule has 0 aliphatic heterocycles. The summed E-state index contributed by atoms with van der Waals surface area (Å²) < 4.78 is 26.9. The van der Waals surface area contributed by atoms with Crippen LogP contribution in [-0.4, -0.2) is 5.78 Å². The second-order valence-electron chi connectivity index (χ2n) is 4.66. The third-order valence-corrected chi connectivity index (χ3v) is 2.97. The van der Waals surface area contributed by atoms with Gasteiger partial charge in [0, 0.05) is 18.1 Å². The maximum absolute atomic E-state index is 13.7. The van der Waals surface area contributed by atoms with Gasteiger partial charge in [0.15, 0.2) is 0 Å². The Hall–Kier alpha value is -2.03. The summed E-state index contributed by atoms with van der Waals surface area (Å²) in [6, 6.07) is 9.45. The lowest BCUT2D eigenvalue weighted by Crippen LogP contribution is -1.96. The van der Waals surface area contributed by atoms with Gasteiger partial charge in [0.2, 0.25) is 0 Å². The standard InChI is InChI=1S/C16H14F2O/c1-10-7-14(16(18)9-15(10)17)13-5-3-12(4-6-13)8-11(2)19/h3-7,9H,8H2,1-2H3. The second-order valence-corrected chi connectivity index (χ2v) is 4.66. The van der Waals surface area contributed by atoms with Crippen LogP contribution in [0.3, 0.4) is 0 Å². The highest BCUT2D eigenvalue weighted by Crippen LogP contribution is 2.25. The zero-order valence-electron chi connectivity index (χ0n) is 10.8. The van der Waals surface area contributed by atoms with Crippen LogP contribution in [0, 0.1) is 18.6 Å². The molecule has 0 bridgehead atoms. The Morgan fingerprint density at radius 1 is 1.05 bits per heavy atom. The zero-order valence-corrected chi connectivity index (χ0v) is 10.8. The highest BCUT2D eigenvalue weighted by atomic mass is 19.1. The van der Waals surface area contributed by atoms with Gasteiger partial charge in [-0.05, 0) is 36.6 Å². The molecule has 0 saturated carbocycles. The summed E-state index contributed by atoms with van der Waals surface area (Å²) in [4.78, 5) is 11.0. The molecule has 1 nitrogen and oxygen atoms in total. The number of rotatable bonds is 3. The first-order chi connectivity index (χ1) is 8.97. The molecule has 0 heterocycles.